The van der Waals surface area contributed by atoms with Crippen LogP contribution in [0.15, 0.2) is 59.5 Å². The number of carbonyl (C=O) groups excluding carboxylic acids is 2. The Labute approximate surface area is 188 Å². The minimum absolute atomic E-state index is 0.192. The third-order valence-corrected chi connectivity index (χ3v) is 6.10. The molecule has 3 aromatic rings. The van der Waals surface area contributed by atoms with Crippen LogP contribution in [-0.4, -0.2) is 33.9 Å². The summed E-state index contributed by atoms with van der Waals surface area (Å²) in [5.41, 5.74) is 3.88. The molecule has 4 rings (SSSR count). The summed E-state index contributed by atoms with van der Waals surface area (Å²) in [4.78, 5) is 38.3. The molecule has 0 aliphatic carbocycles. The Bertz CT molecular complexity index is 1270. The van der Waals surface area contributed by atoms with Gasteiger partial charge in [-0.2, -0.15) is 0 Å². The van der Waals surface area contributed by atoms with Gasteiger partial charge in [0.2, 0.25) is 0 Å². The zero-order valence-corrected chi connectivity index (χ0v) is 18.5. The van der Waals surface area contributed by atoms with Gasteiger partial charge in [-0.05, 0) is 85.8 Å². The number of nitrogens with zero attached hydrogens (tertiary/aromatic N) is 2. The minimum atomic E-state index is -0.998. The predicted molar refractivity (Wildman–Crippen MR) is 124 cm³/mol. The van der Waals surface area contributed by atoms with Crippen molar-refractivity contribution in [2.24, 2.45) is 0 Å². The van der Waals surface area contributed by atoms with Gasteiger partial charge in [-0.25, -0.2) is 9.69 Å². The predicted octanol–water partition coefficient (Wildman–Crippen LogP) is 5.04. The maximum absolute atomic E-state index is 13.0. The Morgan fingerprint density at radius 3 is 2.41 bits per heavy atom. The number of anilines is 1. The van der Waals surface area contributed by atoms with Crippen molar-refractivity contribution in [1.82, 2.24) is 4.57 Å². The van der Waals surface area contributed by atoms with Crippen LogP contribution < -0.4 is 9.64 Å². The number of imide groups is 1. The zero-order chi connectivity index (χ0) is 23.0. The number of hydrogen-bond donors (Lipinski definition) is 1. The molecule has 8 heteroatoms. The summed E-state index contributed by atoms with van der Waals surface area (Å²) in [5, 5.41) is 8.92. The normalized spacial score (nSPS) is 15.0. The lowest BCUT2D eigenvalue weighted by atomic mass is 10.2. The fourth-order valence-electron chi connectivity index (χ4n) is 3.67. The molecular weight excluding hydrogens is 428 g/mol. The van der Waals surface area contributed by atoms with Crippen molar-refractivity contribution in [2.45, 2.75) is 13.8 Å². The first kappa shape index (κ1) is 21.5. The van der Waals surface area contributed by atoms with Crippen molar-refractivity contribution in [3.05, 3.63) is 82.0 Å². The molecule has 0 saturated carbocycles. The molecule has 2 amide bonds. The quantitative estimate of drug-likeness (QED) is 0.550. The van der Waals surface area contributed by atoms with Gasteiger partial charge in [0.15, 0.2) is 0 Å². The fourth-order valence-corrected chi connectivity index (χ4v) is 4.50. The second kappa shape index (κ2) is 8.39. The summed E-state index contributed by atoms with van der Waals surface area (Å²) in [6.45, 7) is 3.79. The minimum Gasteiger partial charge on any atom is -0.497 e. The van der Waals surface area contributed by atoms with E-state index in [1.807, 2.05) is 30.5 Å². The topological polar surface area (TPSA) is 88.8 Å². The van der Waals surface area contributed by atoms with Crippen molar-refractivity contribution in [3.8, 4) is 11.4 Å². The van der Waals surface area contributed by atoms with Gasteiger partial charge >= 0.3 is 5.97 Å². The highest BCUT2D eigenvalue weighted by atomic mass is 32.2. The average molecular weight is 449 g/mol. The molecule has 1 aliphatic heterocycles. The lowest BCUT2D eigenvalue weighted by Gasteiger charge is -2.12. The molecule has 0 bridgehead atoms. The maximum Gasteiger partial charge on any atom is 0.335 e. The van der Waals surface area contributed by atoms with Crippen LogP contribution in [0.4, 0.5) is 10.5 Å². The molecule has 0 atom stereocenters. The van der Waals surface area contributed by atoms with Crippen molar-refractivity contribution in [2.75, 3.05) is 12.0 Å². The first-order chi connectivity index (χ1) is 15.3. The summed E-state index contributed by atoms with van der Waals surface area (Å²) < 4.78 is 7.05. The van der Waals surface area contributed by atoms with Gasteiger partial charge < -0.3 is 14.4 Å². The second-order valence-corrected chi connectivity index (χ2v) is 8.23. The molecule has 0 radical (unpaired) electrons. The average Bonchev–Trinajstić information content (AvgIpc) is 3.22. The monoisotopic (exact) mass is 448 g/mol. The van der Waals surface area contributed by atoms with E-state index in [4.69, 9.17) is 4.74 Å². The van der Waals surface area contributed by atoms with Crippen LogP contribution >= 0.6 is 11.8 Å². The lowest BCUT2D eigenvalue weighted by Crippen LogP contribution is -2.27. The van der Waals surface area contributed by atoms with E-state index in [9.17, 15) is 19.5 Å². The van der Waals surface area contributed by atoms with Crippen molar-refractivity contribution in [1.29, 1.82) is 0 Å². The van der Waals surface area contributed by atoms with E-state index >= 15 is 0 Å². The molecule has 32 heavy (non-hydrogen) atoms. The maximum atomic E-state index is 13.0. The molecule has 2 heterocycles. The lowest BCUT2D eigenvalue weighted by molar-refractivity contribution is -0.113. The molecule has 1 aromatic heterocycles. The van der Waals surface area contributed by atoms with Gasteiger partial charge in [0.1, 0.15) is 5.75 Å². The second-order valence-electron chi connectivity index (χ2n) is 7.23. The number of carboxylic acids is 1. The number of methoxy groups -OCH3 is 1. The first-order valence-corrected chi connectivity index (χ1v) is 10.6. The highest BCUT2D eigenvalue weighted by Gasteiger charge is 2.36. The van der Waals surface area contributed by atoms with Crippen LogP contribution in [0, 0.1) is 13.8 Å². The molecule has 1 N–H and O–H groups in total. The zero-order valence-electron chi connectivity index (χ0n) is 17.7. The number of hydrogen-bond acceptors (Lipinski definition) is 5. The molecule has 1 saturated heterocycles. The van der Waals surface area contributed by atoms with Crippen LogP contribution in [0.3, 0.4) is 0 Å². The Kier molecular flexibility index (Phi) is 5.63. The van der Waals surface area contributed by atoms with Crippen molar-refractivity contribution >= 4 is 40.6 Å². The summed E-state index contributed by atoms with van der Waals surface area (Å²) in [6, 6.07) is 15.3. The van der Waals surface area contributed by atoms with Crippen LogP contribution in [-0.2, 0) is 4.79 Å². The Balaban J connectivity index is 1.68. The Morgan fingerprint density at radius 1 is 1.03 bits per heavy atom. The molecular formula is C24H20N2O5S. The number of rotatable bonds is 5. The van der Waals surface area contributed by atoms with Crippen LogP contribution in [0.5, 0.6) is 5.75 Å². The smallest absolute Gasteiger partial charge is 0.335 e. The molecule has 1 aliphatic rings. The van der Waals surface area contributed by atoms with Gasteiger partial charge in [0.05, 0.1) is 23.3 Å². The van der Waals surface area contributed by atoms with E-state index in [-0.39, 0.29) is 16.7 Å². The van der Waals surface area contributed by atoms with E-state index < -0.39 is 5.97 Å². The molecule has 0 unspecified atom stereocenters. The van der Waals surface area contributed by atoms with Gasteiger partial charge in [-0.3, -0.25) is 9.59 Å². The molecule has 2 aromatic carbocycles. The van der Waals surface area contributed by atoms with Crippen LogP contribution in [0.2, 0.25) is 0 Å². The first-order valence-electron chi connectivity index (χ1n) is 9.75. The Morgan fingerprint density at radius 2 is 1.75 bits per heavy atom. The highest BCUT2D eigenvalue weighted by Crippen LogP contribution is 2.37. The number of aromatic nitrogens is 1. The fraction of sp³-hybridized carbons (Fsp3) is 0.125. The number of aromatic carboxylic acids is 1. The SMILES string of the molecule is COc1ccc(N2C(=O)S/C(=C/c3cc(C)n(-c4cccc(C(=O)O)c4)c3C)C2=O)cc1. The molecule has 1 fully saturated rings. The number of aryl methyl sites for hydroxylation is 1. The standard InChI is InChI=1S/C24H20N2O5S/c1-14-11-17(15(2)25(14)19-6-4-5-16(12-19)23(28)29)13-21-22(27)26(24(30)32-21)18-7-9-20(31-3)10-8-18/h4-13H,1-3H3,(H,28,29)/b21-13+. The van der Waals surface area contributed by atoms with E-state index in [1.54, 1.807) is 49.6 Å². The summed E-state index contributed by atoms with van der Waals surface area (Å²) in [6.07, 6.45) is 1.70. The van der Waals surface area contributed by atoms with Crippen molar-refractivity contribution < 1.29 is 24.2 Å². The summed E-state index contributed by atoms with van der Waals surface area (Å²) in [5.74, 6) is -0.750. The number of thioether (sulfide) groups is 1. The largest absolute Gasteiger partial charge is 0.497 e. The Hall–Kier alpha value is -3.78. The van der Waals surface area contributed by atoms with E-state index in [1.165, 1.54) is 6.07 Å². The third-order valence-electron chi connectivity index (χ3n) is 5.23. The number of ether oxygens (including phenoxy) is 1. The number of benzene rings is 2. The molecule has 7 nitrogen and oxygen atoms in total. The van der Waals surface area contributed by atoms with Gasteiger partial charge in [0, 0.05) is 17.1 Å². The van der Waals surface area contributed by atoms with Gasteiger partial charge in [-0.15, -0.1) is 0 Å². The van der Waals surface area contributed by atoms with Gasteiger partial charge in [-0.1, -0.05) is 6.07 Å². The highest BCUT2D eigenvalue weighted by molar-refractivity contribution is 8.19. The van der Waals surface area contributed by atoms with Crippen LogP contribution in [0.1, 0.15) is 27.3 Å². The van der Waals surface area contributed by atoms with Crippen LogP contribution in [0.25, 0.3) is 11.8 Å². The molecule has 0 spiro atoms. The third kappa shape index (κ3) is 3.80. The van der Waals surface area contributed by atoms with E-state index in [0.29, 0.717) is 22.0 Å². The summed E-state index contributed by atoms with van der Waals surface area (Å²) in [7, 11) is 1.55. The van der Waals surface area contributed by atoms with E-state index in [2.05, 4.69) is 0 Å². The number of amides is 2. The number of carboxylic acid groups (broad SMARTS) is 1. The summed E-state index contributed by atoms with van der Waals surface area (Å²) >= 11 is 0.888. The van der Waals surface area contributed by atoms with Gasteiger partial charge in [0.25, 0.3) is 11.1 Å². The van der Waals surface area contributed by atoms with Crippen molar-refractivity contribution in [3.63, 3.8) is 0 Å². The molecule has 162 valence electrons. The van der Waals surface area contributed by atoms with E-state index in [0.717, 1.165) is 33.6 Å². The number of carbonyl (C=O) groups is 3.